The molecule has 0 bridgehead atoms. The second kappa shape index (κ2) is 8.97. The topological polar surface area (TPSA) is 78.9 Å². The van der Waals surface area contributed by atoms with Crippen molar-refractivity contribution in [2.24, 2.45) is 0 Å². The minimum Gasteiger partial charge on any atom is -0.497 e. The molecule has 0 saturated carbocycles. The molecule has 0 atom stereocenters. The van der Waals surface area contributed by atoms with E-state index in [-0.39, 0.29) is 5.91 Å². The number of pyridine rings is 1. The third kappa shape index (κ3) is 4.40. The number of anilines is 1. The maximum Gasteiger partial charge on any atom is 0.255 e. The molecule has 3 aromatic rings. The Bertz CT molecular complexity index is 977. The fraction of sp³-hybridized carbons (Fsp3) is 0.182. The van der Waals surface area contributed by atoms with Gasteiger partial charge in [0.1, 0.15) is 5.75 Å². The Morgan fingerprint density at radius 3 is 2.03 bits per heavy atom. The molecule has 0 unspecified atom stereocenters. The van der Waals surface area contributed by atoms with Gasteiger partial charge in [0.25, 0.3) is 5.91 Å². The van der Waals surface area contributed by atoms with Crippen molar-refractivity contribution in [2.45, 2.75) is 0 Å². The Morgan fingerprint density at radius 2 is 1.48 bits per heavy atom. The van der Waals surface area contributed by atoms with Crippen molar-refractivity contribution < 1.29 is 23.7 Å². The Labute approximate surface area is 169 Å². The smallest absolute Gasteiger partial charge is 0.255 e. The van der Waals surface area contributed by atoms with Gasteiger partial charge in [-0.25, -0.2) is 0 Å². The minimum atomic E-state index is -0.281. The lowest BCUT2D eigenvalue weighted by Crippen LogP contribution is -2.12. The fourth-order valence-corrected chi connectivity index (χ4v) is 2.85. The van der Waals surface area contributed by atoms with Crippen molar-refractivity contribution in [3.05, 3.63) is 60.3 Å². The third-order valence-electron chi connectivity index (χ3n) is 4.33. The van der Waals surface area contributed by atoms with Crippen LogP contribution in [0.5, 0.6) is 23.0 Å². The van der Waals surface area contributed by atoms with Crippen LogP contribution in [0.3, 0.4) is 0 Å². The first-order valence-electron chi connectivity index (χ1n) is 8.81. The molecule has 7 heteroatoms. The summed E-state index contributed by atoms with van der Waals surface area (Å²) < 4.78 is 21.1. The minimum absolute atomic E-state index is 0.281. The summed E-state index contributed by atoms with van der Waals surface area (Å²) in [5.74, 6) is 1.84. The zero-order valence-electron chi connectivity index (χ0n) is 16.7. The van der Waals surface area contributed by atoms with E-state index in [2.05, 4.69) is 10.3 Å². The molecule has 0 fully saturated rings. The monoisotopic (exact) mass is 394 g/mol. The summed E-state index contributed by atoms with van der Waals surface area (Å²) in [7, 11) is 6.18. The van der Waals surface area contributed by atoms with Crippen molar-refractivity contribution >= 4 is 11.6 Å². The van der Waals surface area contributed by atoms with Gasteiger partial charge in [-0.1, -0.05) is 0 Å². The van der Waals surface area contributed by atoms with Gasteiger partial charge < -0.3 is 24.3 Å². The standard InChI is InChI=1S/C22H22N2O5/c1-26-17-7-5-14(6-8-17)18-11-15(9-10-23-18)22(25)24-16-12-19(27-2)21(29-4)20(13-16)28-3/h5-13H,1-4H3,(H,24,25). The summed E-state index contributed by atoms with van der Waals surface area (Å²) in [5, 5.41) is 2.85. The van der Waals surface area contributed by atoms with Gasteiger partial charge in [-0.15, -0.1) is 0 Å². The highest BCUT2D eigenvalue weighted by molar-refractivity contribution is 6.05. The number of methoxy groups -OCH3 is 4. The van der Waals surface area contributed by atoms with Crippen molar-refractivity contribution in [2.75, 3.05) is 33.8 Å². The predicted molar refractivity (Wildman–Crippen MR) is 110 cm³/mol. The molecule has 0 aliphatic heterocycles. The summed E-state index contributed by atoms with van der Waals surface area (Å²) in [5.41, 5.74) is 2.56. The van der Waals surface area contributed by atoms with Crippen molar-refractivity contribution in [3.8, 4) is 34.3 Å². The number of hydrogen-bond donors (Lipinski definition) is 1. The van der Waals surface area contributed by atoms with Crippen molar-refractivity contribution in [3.63, 3.8) is 0 Å². The van der Waals surface area contributed by atoms with E-state index < -0.39 is 0 Å². The lowest BCUT2D eigenvalue weighted by molar-refractivity contribution is 0.102. The average Bonchev–Trinajstić information content (AvgIpc) is 2.78. The van der Waals surface area contributed by atoms with Crippen LogP contribution < -0.4 is 24.3 Å². The molecule has 0 saturated heterocycles. The van der Waals surface area contributed by atoms with Gasteiger partial charge in [-0.05, 0) is 36.4 Å². The van der Waals surface area contributed by atoms with E-state index in [0.717, 1.165) is 11.3 Å². The highest BCUT2D eigenvalue weighted by atomic mass is 16.5. The molecule has 1 amide bonds. The normalized spacial score (nSPS) is 10.2. The number of carbonyl (C=O) groups excluding carboxylic acids is 1. The zero-order valence-corrected chi connectivity index (χ0v) is 16.7. The number of amides is 1. The Hall–Kier alpha value is -3.74. The molecule has 150 valence electrons. The predicted octanol–water partition coefficient (Wildman–Crippen LogP) is 4.04. The number of ether oxygens (including phenoxy) is 4. The quantitative estimate of drug-likeness (QED) is 0.652. The molecule has 1 heterocycles. The van der Waals surface area contributed by atoms with Gasteiger partial charge in [-0.2, -0.15) is 0 Å². The van der Waals surface area contributed by atoms with Crippen LogP contribution >= 0.6 is 0 Å². The van der Waals surface area contributed by atoms with Crippen LogP contribution in [0.1, 0.15) is 10.4 Å². The van der Waals surface area contributed by atoms with E-state index in [1.54, 1.807) is 37.6 Å². The first-order chi connectivity index (χ1) is 14.1. The first-order valence-corrected chi connectivity index (χ1v) is 8.81. The summed E-state index contributed by atoms with van der Waals surface area (Å²) in [6, 6.07) is 14.2. The maximum absolute atomic E-state index is 12.8. The largest absolute Gasteiger partial charge is 0.497 e. The van der Waals surface area contributed by atoms with Crippen LogP contribution in [-0.4, -0.2) is 39.3 Å². The average molecular weight is 394 g/mol. The SMILES string of the molecule is COc1ccc(-c2cc(C(=O)Nc3cc(OC)c(OC)c(OC)c3)ccn2)cc1. The lowest BCUT2D eigenvalue weighted by Gasteiger charge is -2.14. The van der Waals surface area contributed by atoms with Crippen LogP contribution in [0, 0.1) is 0 Å². The van der Waals surface area contributed by atoms with Gasteiger partial charge in [0, 0.05) is 35.1 Å². The summed E-state index contributed by atoms with van der Waals surface area (Å²) >= 11 is 0. The molecule has 0 aliphatic rings. The Balaban J connectivity index is 1.86. The van der Waals surface area contributed by atoms with Crippen LogP contribution in [0.25, 0.3) is 11.3 Å². The van der Waals surface area contributed by atoms with E-state index in [4.69, 9.17) is 18.9 Å². The second-order valence-electron chi connectivity index (χ2n) is 6.03. The number of hydrogen-bond acceptors (Lipinski definition) is 6. The van der Waals surface area contributed by atoms with E-state index in [9.17, 15) is 4.79 Å². The molecule has 0 radical (unpaired) electrons. The molecule has 3 rings (SSSR count). The van der Waals surface area contributed by atoms with E-state index >= 15 is 0 Å². The Morgan fingerprint density at radius 1 is 0.828 bits per heavy atom. The molecule has 1 aromatic heterocycles. The van der Waals surface area contributed by atoms with Crippen molar-refractivity contribution in [1.82, 2.24) is 4.98 Å². The van der Waals surface area contributed by atoms with Crippen molar-refractivity contribution in [1.29, 1.82) is 0 Å². The van der Waals surface area contributed by atoms with Gasteiger partial charge >= 0.3 is 0 Å². The zero-order chi connectivity index (χ0) is 20.8. The number of carbonyl (C=O) groups is 1. The molecule has 1 N–H and O–H groups in total. The summed E-state index contributed by atoms with van der Waals surface area (Å²) in [6.45, 7) is 0. The number of benzene rings is 2. The van der Waals surface area contributed by atoms with E-state index in [1.165, 1.54) is 21.3 Å². The molecule has 29 heavy (non-hydrogen) atoms. The number of aromatic nitrogens is 1. The highest BCUT2D eigenvalue weighted by Gasteiger charge is 2.15. The van der Waals surface area contributed by atoms with Gasteiger partial charge in [-0.3, -0.25) is 9.78 Å². The van der Waals surface area contributed by atoms with Crippen LogP contribution in [0.2, 0.25) is 0 Å². The fourth-order valence-electron chi connectivity index (χ4n) is 2.85. The Kier molecular flexibility index (Phi) is 6.19. The van der Waals surface area contributed by atoms with E-state index in [0.29, 0.717) is 34.2 Å². The third-order valence-corrected chi connectivity index (χ3v) is 4.33. The maximum atomic E-state index is 12.8. The molecular weight excluding hydrogens is 372 g/mol. The van der Waals surface area contributed by atoms with Crippen LogP contribution in [-0.2, 0) is 0 Å². The molecule has 0 spiro atoms. The van der Waals surface area contributed by atoms with Crippen LogP contribution in [0.15, 0.2) is 54.7 Å². The number of nitrogens with one attached hydrogen (secondary N) is 1. The number of nitrogens with zero attached hydrogens (tertiary/aromatic N) is 1. The summed E-state index contributed by atoms with van der Waals surface area (Å²) in [4.78, 5) is 17.1. The lowest BCUT2D eigenvalue weighted by atomic mass is 10.1. The summed E-state index contributed by atoms with van der Waals surface area (Å²) in [6.07, 6.45) is 1.60. The highest BCUT2D eigenvalue weighted by Crippen LogP contribution is 2.40. The van der Waals surface area contributed by atoms with Gasteiger partial charge in [0.05, 0.1) is 34.1 Å². The van der Waals surface area contributed by atoms with E-state index in [1.807, 2.05) is 24.3 Å². The molecule has 2 aromatic carbocycles. The molecule has 0 aliphatic carbocycles. The van der Waals surface area contributed by atoms with Crippen LogP contribution in [0.4, 0.5) is 5.69 Å². The molecule has 7 nitrogen and oxygen atoms in total. The molecular formula is C22H22N2O5. The van der Waals surface area contributed by atoms with Gasteiger partial charge in [0.2, 0.25) is 5.75 Å². The second-order valence-corrected chi connectivity index (χ2v) is 6.03. The first kappa shape index (κ1) is 20.0. The van der Waals surface area contributed by atoms with Gasteiger partial charge in [0.15, 0.2) is 11.5 Å². The number of rotatable bonds is 7.